The van der Waals surface area contributed by atoms with Gasteiger partial charge in [-0.15, -0.1) is 0 Å². The van der Waals surface area contributed by atoms with E-state index in [1.54, 1.807) is 0 Å². The number of thioether (sulfide) groups is 1. The third-order valence-electron chi connectivity index (χ3n) is 2.86. The zero-order valence-corrected chi connectivity index (χ0v) is 13.2. The molecule has 0 aliphatic heterocycles. The van der Waals surface area contributed by atoms with E-state index < -0.39 is 5.54 Å². The van der Waals surface area contributed by atoms with Crippen LogP contribution in [0, 0.1) is 0 Å². The molecule has 3 nitrogen and oxygen atoms in total. The Balaban J connectivity index is 3.98. The first-order valence-electron chi connectivity index (χ1n) is 7.10. The van der Waals surface area contributed by atoms with Crippen LogP contribution in [0.4, 0.5) is 0 Å². The molecule has 0 aromatic heterocycles. The van der Waals surface area contributed by atoms with Gasteiger partial charge in [-0.05, 0) is 51.2 Å². The van der Waals surface area contributed by atoms with Crippen LogP contribution >= 0.6 is 11.8 Å². The number of carbonyl (C=O) groups excluding carboxylic acids is 1. The number of esters is 1. The summed E-state index contributed by atoms with van der Waals surface area (Å²) in [4.78, 5) is 11.9. The summed E-state index contributed by atoms with van der Waals surface area (Å²) in [6, 6.07) is 0. The van der Waals surface area contributed by atoms with E-state index in [4.69, 9.17) is 4.74 Å². The first-order chi connectivity index (χ1) is 8.60. The highest BCUT2D eigenvalue weighted by Gasteiger charge is 2.32. The smallest absolute Gasteiger partial charge is 0.326 e. The third-order valence-corrected chi connectivity index (χ3v) is 4.13. The van der Waals surface area contributed by atoms with E-state index in [1.165, 1.54) is 24.3 Å². The first kappa shape index (κ1) is 17.8. The Morgan fingerprint density at radius 3 is 2.50 bits per heavy atom. The van der Waals surface area contributed by atoms with Gasteiger partial charge in [0.15, 0.2) is 0 Å². The molecule has 0 aliphatic rings. The van der Waals surface area contributed by atoms with Crippen molar-refractivity contribution in [1.29, 1.82) is 0 Å². The minimum Gasteiger partial charge on any atom is -0.465 e. The van der Waals surface area contributed by atoms with Gasteiger partial charge in [-0.3, -0.25) is 4.79 Å². The lowest BCUT2D eigenvalue weighted by atomic mass is 9.95. The maximum absolute atomic E-state index is 11.9. The zero-order valence-electron chi connectivity index (χ0n) is 12.4. The quantitative estimate of drug-likeness (QED) is 0.464. The predicted octanol–water partition coefficient (Wildman–Crippen LogP) is 3.23. The van der Waals surface area contributed by atoms with Crippen LogP contribution < -0.4 is 5.32 Å². The average molecular weight is 275 g/mol. The van der Waals surface area contributed by atoms with Crippen molar-refractivity contribution in [2.45, 2.75) is 58.9 Å². The van der Waals surface area contributed by atoms with E-state index in [0.29, 0.717) is 6.61 Å². The Labute approximate surface area is 116 Å². The highest BCUT2D eigenvalue weighted by atomic mass is 32.2. The summed E-state index contributed by atoms with van der Waals surface area (Å²) in [5.41, 5.74) is -0.514. The fraction of sp³-hybridized carbons (Fsp3) is 0.929. The molecule has 108 valence electrons. The molecule has 18 heavy (non-hydrogen) atoms. The van der Waals surface area contributed by atoms with Crippen LogP contribution in [0.15, 0.2) is 0 Å². The summed E-state index contributed by atoms with van der Waals surface area (Å²) in [5.74, 6) is 2.31. The van der Waals surface area contributed by atoms with E-state index in [2.05, 4.69) is 12.2 Å². The second-order valence-electron chi connectivity index (χ2n) is 4.65. The van der Waals surface area contributed by atoms with E-state index in [1.807, 2.05) is 32.5 Å². The number of ether oxygens (including phenoxy) is 1. The monoisotopic (exact) mass is 275 g/mol. The third kappa shape index (κ3) is 7.27. The minimum atomic E-state index is -0.514. The molecule has 0 bridgehead atoms. The molecule has 0 aromatic rings. The summed E-state index contributed by atoms with van der Waals surface area (Å²) in [6.45, 7) is 9.27. The molecule has 0 saturated carbocycles. The summed E-state index contributed by atoms with van der Waals surface area (Å²) in [7, 11) is 0. The molecule has 4 heteroatoms. The summed E-state index contributed by atoms with van der Waals surface area (Å²) >= 11 is 2.00. The van der Waals surface area contributed by atoms with Crippen molar-refractivity contribution in [1.82, 2.24) is 5.32 Å². The molecule has 0 heterocycles. The van der Waals surface area contributed by atoms with Crippen molar-refractivity contribution < 1.29 is 9.53 Å². The average Bonchev–Trinajstić information content (AvgIpc) is 2.34. The minimum absolute atomic E-state index is 0.118. The molecule has 0 saturated heterocycles. The first-order valence-corrected chi connectivity index (χ1v) is 8.26. The number of hydrogen-bond acceptors (Lipinski definition) is 4. The molecule has 0 rings (SSSR count). The highest BCUT2D eigenvalue weighted by molar-refractivity contribution is 7.99. The molecule has 0 amide bonds. The second kappa shape index (κ2) is 10.7. The van der Waals surface area contributed by atoms with Crippen LogP contribution in [0.5, 0.6) is 0 Å². The Morgan fingerprint density at radius 1 is 1.22 bits per heavy atom. The Hall–Kier alpha value is -0.220. The number of rotatable bonds is 11. The van der Waals surface area contributed by atoms with Crippen LogP contribution in [-0.4, -0.2) is 36.2 Å². The van der Waals surface area contributed by atoms with Gasteiger partial charge in [-0.25, -0.2) is 0 Å². The van der Waals surface area contributed by atoms with Gasteiger partial charge in [-0.2, -0.15) is 11.8 Å². The van der Waals surface area contributed by atoms with Crippen LogP contribution in [-0.2, 0) is 9.53 Å². The molecular weight excluding hydrogens is 246 g/mol. The van der Waals surface area contributed by atoms with Gasteiger partial charge in [0.2, 0.25) is 0 Å². The topological polar surface area (TPSA) is 38.3 Å². The Morgan fingerprint density at radius 2 is 1.94 bits per heavy atom. The maximum Gasteiger partial charge on any atom is 0.326 e. The molecule has 0 aromatic carbocycles. The lowest BCUT2D eigenvalue weighted by Gasteiger charge is -2.28. The number of hydrogen-bond donors (Lipinski definition) is 1. The molecule has 1 N–H and O–H groups in total. The van der Waals surface area contributed by atoms with Crippen molar-refractivity contribution in [3.63, 3.8) is 0 Å². The molecule has 0 aliphatic carbocycles. The van der Waals surface area contributed by atoms with E-state index in [-0.39, 0.29) is 5.97 Å². The van der Waals surface area contributed by atoms with Gasteiger partial charge in [0, 0.05) is 0 Å². The second-order valence-corrected chi connectivity index (χ2v) is 5.88. The summed E-state index contributed by atoms with van der Waals surface area (Å²) in [5, 5.41) is 3.26. The van der Waals surface area contributed by atoms with Gasteiger partial charge < -0.3 is 10.1 Å². The molecule has 0 spiro atoms. The number of likely N-dealkylation sites (N-methyl/N-ethyl adjacent to an activating group) is 1. The SMILES string of the molecule is CCCSCCCCC(C)(NCC)C(=O)OCC. The number of nitrogens with one attached hydrogen (secondary N) is 1. The maximum atomic E-state index is 11.9. The number of carbonyl (C=O) groups is 1. The van der Waals surface area contributed by atoms with Gasteiger partial charge in [0.05, 0.1) is 6.61 Å². The Kier molecular flexibility index (Phi) is 10.5. The van der Waals surface area contributed by atoms with Gasteiger partial charge in [0.25, 0.3) is 0 Å². The lowest BCUT2D eigenvalue weighted by molar-refractivity contribution is -0.150. The molecule has 1 atom stereocenters. The van der Waals surface area contributed by atoms with Crippen molar-refractivity contribution in [3.8, 4) is 0 Å². The normalized spacial score (nSPS) is 14.2. The van der Waals surface area contributed by atoms with Gasteiger partial charge >= 0.3 is 5.97 Å². The lowest BCUT2D eigenvalue weighted by Crippen LogP contribution is -2.50. The fourth-order valence-corrected chi connectivity index (χ4v) is 2.77. The Bertz CT molecular complexity index is 224. The largest absolute Gasteiger partial charge is 0.465 e. The van der Waals surface area contributed by atoms with Crippen LogP contribution in [0.1, 0.15) is 53.4 Å². The standard InChI is InChI=1S/C14H29NO2S/c1-5-11-18-12-9-8-10-14(4,15-6-2)13(16)17-7-3/h15H,5-12H2,1-4H3. The van der Waals surface area contributed by atoms with E-state index in [9.17, 15) is 4.79 Å². The van der Waals surface area contributed by atoms with Gasteiger partial charge in [0.1, 0.15) is 5.54 Å². The van der Waals surface area contributed by atoms with Crippen molar-refractivity contribution in [2.75, 3.05) is 24.7 Å². The molecule has 1 unspecified atom stereocenters. The van der Waals surface area contributed by atoms with Crippen LogP contribution in [0.25, 0.3) is 0 Å². The number of unbranched alkanes of at least 4 members (excludes halogenated alkanes) is 1. The van der Waals surface area contributed by atoms with Crippen LogP contribution in [0.3, 0.4) is 0 Å². The molecule has 0 fully saturated rings. The molecular formula is C14H29NO2S. The molecule has 0 radical (unpaired) electrons. The predicted molar refractivity (Wildman–Crippen MR) is 80.2 cm³/mol. The van der Waals surface area contributed by atoms with Crippen molar-refractivity contribution in [2.24, 2.45) is 0 Å². The highest BCUT2D eigenvalue weighted by Crippen LogP contribution is 2.17. The van der Waals surface area contributed by atoms with Gasteiger partial charge in [-0.1, -0.05) is 20.3 Å². The zero-order chi connectivity index (χ0) is 13.9. The van der Waals surface area contributed by atoms with E-state index >= 15 is 0 Å². The summed E-state index contributed by atoms with van der Waals surface area (Å²) < 4.78 is 5.15. The van der Waals surface area contributed by atoms with E-state index in [0.717, 1.165) is 19.4 Å². The van der Waals surface area contributed by atoms with Crippen molar-refractivity contribution >= 4 is 17.7 Å². The summed E-state index contributed by atoms with van der Waals surface area (Å²) in [6.07, 6.45) is 4.33. The fourth-order valence-electron chi connectivity index (χ4n) is 1.87. The van der Waals surface area contributed by atoms with Crippen molar-refractivity contribution in [3.05, 3.63) is 0 Å². The van der Waals surface area contributed by atoms with Crippen LogP contribution in [0.2, 0.25) is 0 Å².